The first kappa shape index (κ1) is 23.0. The van der Waals surface area contributed by atoms with Crippen molar-refractivity contribution in [1.82, 2.24) is 5.32 Å². The van der Waals surface area contributed by atoms with Crippen LogP contribution >= 0.6 is 0 Å². The quantitative estimate of drug-likeness (QED) is 0.462. The molecule has 0 heterocycles. The molecule has 166 valence electrons. The summed E-state index contributed by atoms with van der Waals surface area (Å²) in [4.78, 5) is 25.3. The molecule has 0 aliphatic carbocycles. The fraction of sp³-hybridized carbons (Fsp3) is 0.231. The van der Waals surface area contributed by atoms with Crippen molar-refractivity contribution in [3.8, 4) is 16.9 Å². The van der Waals surface area contributed by atoms with Gasteiger partial charge in [0.15, 0.2) is 6.10 Å². The molecule has 0 aliphatic heterocycles. The normalized spacial score (nSPS) is 11.4. The lowest BCUT2D eigenvalue weighted by molar-refractivity contribution is -0.122. The molecular weight excluding hydrogens is 404 g/mol. The van der Waals surface area contributed by atoms with E-state index < -0.39 is 6.10 Å². The topological polar surface area (TPSA) is 76.7 Å². The Kier molecular flexibility index (Phi) is 8.40. The number of para-hydroxylation sites is 1. The van der Waals surface area contributed by atoms with Crippen molar-refractivity contribution >= 4 is 17.5 Å². The number of benzene rings is 3. The largest absolute Gasteiger partial charge is 0.481 e. The summed E-state index contributed by atoms with van der Waals surface area (Å²) in [7, 11) is 1.57. The Morgan fingerprint density at radius 1 is 0.875 bits per heavy atom. The van der Waals surface area contributed by atoms with Crippen LogP contribution in [0.15, 0.2) is 78.9 Å². The van der Waals surface area contributed by atoms with Crippen LogP contribution in [0.3, 0.4) is 0 Å². The maximum atomic E-state index is 12.9. The molecule has 0 fully saturated rings. The van der Waals surface area contributed by atoms with E-state index in [0.717, 1.165) is 11.1 Å². The maximum absolute atomic E-state index is 12.9. The molecule has 0 saturated heterocycles. The van der Waals surface area contributed by atoms with E-state index in [-0.39, 0.29) is 11.8 Å². The second-order valence-electron chi connectivity index (χ2n) is 7.19. The minimum Gasteiger partial charge on any atom is -0.481 e. The SMILES string of the molecule is CCC(Oc1ccc(-c2ccccc2)cc1)C(=O)Nc1ccccc1C(=O)NCCOC. The molecule has 3 rings (SSSR count). The number of ether oxygens (including phenoxy) is 2. The summed E-state index contributed by atoms with van der Waals surface area (Å²) in [5.41, 5.74) is 3.01. The number of anilines is 1. The predicted octanol–water partition coefficient (Wildman–Crippen LogP) is 4.53. The van der Waals surface area contributed by atoms with E-state index in [2.05, 4.69) is 10.6 Å². The van der Waals surface area contributed by atoms with Crippen molar-refractivity contribution in [3.63, 3.8) is 0 Å². The molecule has 1 atom stereocenters. The molecule has 0 saturated carbocycles. The third-order valence-electron chi connectivity index (χ3n) is 4.92. The molecule has 6 nitrogen and oxygen atoms in total. The Balaban J connectivity index is 1.66. The van der Waals surface area contributed by atoms with Gasteiger partial charge >= 0.3 is 0 Å². The van der Waals surface area contributed by atoms with Crippen LogP contribution in [0.4, 0.5) is 5.69 Å². The van der Waals surface area contributed by atoms with E-state index in [1.165, 1.54) is 0 Å². The summed E-state index contributed by atoms with van der Waals surface area (Å²) < 4.78 is 10.9. The minimum atomic E-state index is -0.692. The molecule has 0 aromatic heterocycles. The van der Waals surface area contributed by atoms with Crippen LogP contribution in [0.1, 0.15) is 23.7 Å². The standard InChI is InChI=1S/C26H28N2O4/c1-3-24(32-21-15-13-20(14-16-21)19-9-5-4-6-10-19)26(30)28-23-12-8-7-11-22(23)25(29)27-17-18-31-2/h4-16,24H,3,17-18H2,1-2H3,(H,27,29)(H,28,30). The summed E-state index contributed by atoms with van der Waals surface area (Å²) in [5, 5.41) is 5.60. The van der Waals surface area contributed by atoms with E-state index >= 15 is 0 Å². The second kappa shape index (κ2) is 11.7. The summed E-state index contributed by atoms with van der Waals surface area (Å²) in [6.07, 6.45) is -0.212. The molecule has 0 bridgehead atoms. The van der Waals surface area contributed by atoms with Crippen LogP contribution in [-0.2, 0) is 9.53 Å². The average Bonchev–Trinajstić information content (AvgIpc) is 2.84. The molecule has 0 aliphatic rings. The van der Waals surface area contributed by atoms with Crippen LogP contribution in [0.25, 0.3) is 11.1 Å². The Labute approximate surface area is 188 Å². The molecule has 6 heteroatoms. The lowest BCUT2D eigenvalue weighted by atomic mass is 10.1. The fourth-order valence-electron chi connectivity index (χ4n) is 3.21. The lowest BCUT2D eigenvalue weighted by Crippen LogP contribution is -2.34. The lowest BCUT2D eigenvalue weighted by Gasteiger charge is -2.19. The number of rotatable bonds is 10. The maximum Gasteiger partial charge on any atom is 0.265 e. The molecule has 2 amide bonds. The van der Waals surface area contributed by atoms with E-state index in [4.69, 9.17) is 9.47 Å². The molecular formula is C26H28N2O4. The molecule has 3 aromatic rings. The van der Waals surface area contributed by atoms with Gasteiger partial charge in [0.05, 0.1) is 17.9 Å². The van der Waals surface area contributed by atoms with Gasteiger partial charge in [0.2, 0.25) is 0 Å². The highest BCUT2D eigenvalue weighted by atomic mass is 16.5. The van der Waals surface area contributed by atoms with Gasteiger partial charge in [-0.15, -0.1) is 0 Å². The zero-order chi connectivity index (χ0) is 22.8. The van der Waals surface area contributed by atoms with Crippen molar-refractivity contribution in [2.24, 2.45) is 0 Å². The predicted molar refractivity (Wildman–Crippen MR) is 126 cm³/mol. The van der Waals surface area contributed by atoms with Crippen molar-refractivity contribution in [2.45, 2.75) is 19.4 Å². The molecule has 0 radical (unpaired) electrons. The van der Waals surface area contributed by atoms with Gasteiger partial charge in [-0.2, -0.15) is 0 Å². The van der Waals surface area contributed by atoms with Crippen LogP contribution in [-0.4, -0.2) is 38.2 Å². The Morgan fingerprint density at radius 3 is 2.22 bits per heavy atom. The zero-order valence-corrected chi connectivity index (χ0v) is 18.3. The first-order chi connectivity index (χ1) is 15.6. The van der Waals surface area contributed by atoms with E-state index in [0.29, 0.717) is 36.6 Å². The number of carbonyl (C=O) groups excluding carboxylic acids is 2. The van der Waals surface area contributed by atoms with Crippen LogP contribution in [0, 0.1) is 0 Å². The second-order valence-corrected chi connectivity index (χ2v) is 7.19. The summed E-state index contributed by atoms with van der Waals surface area (Å²) in [6.45, 7) is 2.68. The Morgan fingerprint density at radius 2 is 1.53 bits per heavy atom. The first-order valence-electron chi connectivity index (χ1n) is 10.6. The van der Waals surface area contributed by atoms with Gasteiger partial charge in [0, 0.05) is 13.7 Å². The summed E-state index contributed by atoms with van der Waals surface area (Å²) in [5.74, 6) is 0.0254. The fourth-order valence-corrected chi connectivity index (χ4v) is 3.21. The molecule has 3 aromatic carbocycles. The Bertz CT molecular complexity index is 1020. The molecule has 0 spiro atoms. The van der Waals surface area contributed by atoms with Crippen LogP contribution < -0.4 is 15.4 Å². The van der Waals surface area contributed by atoms with E-state index in [1.54, 1.807) is 31.4 Å². The third kappa shape index (κ3) is 6.18. The minimum absolute atomic E-state index is 0.275. The van der Waals surface area contributed by atoms with E-state index in [9.17, 15) is 9.59 Å². The number of methoxy groups -OCH3 is 1. The smallest absolute Gasteiger partial charge is 0.265 e. The highest BCUT2D eigenvalue weighted by Crippen LogP contribution is 2.23. The van der Waals surface area contributed by atoms with Crippen molar-refractivity contribution in [3.05, 3.63) is 84.4 Å². The van der Waals surface area contributed by atoms with Crippen molar-refractivity contribution in [2.75, 3.05) is 25.6 Å². The number of carbonyl (C=O) groups is 2. The highest BCUT2D eigenvalue weighted by molar-refractivity contribution is 6.04. The van der Waals surface area contributed by atoms with Gasteiger partial charge in [0.1, 0.15) is 5.75 Å². The zero-order valence-electron chi connectivity index (χ0n) is 18.3. The third-order valence-corrected chi connectivity index (χ3v) is 4.92. The van der Waals surface area contributed by atoms with Crippen LogP contribution in [0.5, 0.6) is 5.75 Å². The number of nitrogens with one attached hydrogen (secondary N) is 2. The van der Waals surface area contributed by atoms with Crippen molar-refractivity contribution in [1.29, 1.82) is 0 Å². The Hall–Kier alpha value is -3.64. The summed E-state index contributed by atoms with van der Waals surface area (Å²) >= 11 is 0. The van der Waals surface area contributed by atoms with Gasteiger partial charge in [0.25, 0.3) is 11.8 Å². The van der Waals surface area contributed by atoms with Gasteiger partial charge in [-0.3, -0.25) is 9.59 Å². The van der Waals surface area contributed by atoms with Crippen molar-refractivity contribution < 1.29 is 19.1 Å². The highest BCUT2D eigenvalue weighted by Gasteiger charge is 2.21. The number of hydrogen-bond donors (Lipinski definition) is 2. The number of amides is 2. The summed E-state index contributed by atoms with van der Waals surface area (Å²) in [6, 6.07) is 24.6. The van der Waals surface area contributed by atoms with Gasteiger partial charge in [-0.25, -0.2) is 0 Å². The monoisotopic (exact) mass is 432 g/mol. The molecule has 2 N–H and O–H groups in total. The average molecular weight is 433 g/mol. The van der Waals surface area contributed by atoms with Gasteiger partial charge in [-0.05, 0) is 41.8 Å². The van der Waals surface area contributed by atoms with Gasteiger partial charge < -0.3 is 20.1 Å². The van der Waals surface area contributed by atoms with Gasteiger partial charge in [-0.1, -0.05) is 61.5 Å². The molecule has 32 heavy (non-hydrogen) atoms. The van der Waals surface area contributed by atoms with Crippen LogP contribution in [0.2, 0.25) is 0 Å². The number of hydrogen-bond acceptors (Lipinski definition) is 4. The van der Waals surface area contributed by atoms with E-state index in [1.807, 2.05) is 61.5 Å². The molecule has 1 unspecified atom stereocenters. The first-order valence-corrected chi connectivity index (χ1v) is 10.6.